The van der Waals surface area contributed by atoms with Crippen LogP contribution in [0.4, 0.5) is 5.69 Å². The number of aromatic nitrogens is 4. The van der Waals surface area contributed by atoms with Crippen LogP contribution in [0.2, 0.25) is 10.0 Å². The monoisotopic (exact) mass is 739 g/mol. The van der Waals surface area contributed by atoms with E-state index in [0.717, 1.165) is 71.8 Å². The number of halogens is 2. The number of carboxylic acid groups (broad SMARTS) is 1. The Labute approximate surface area is 313 Å². The predicted molar refractivity (Wildman–Crippen MR) is 209 cm³/mol. The summed E-state index contributed by atoms with van der Waals surface area (Å²) in [5, 5.41) is 17.6. The van der Waals surface area contributed by atoms with E-state index < -0.39 is 5.97 Å². The van der Waals surface area contributed by atoms with Crippen LogP contribution < -0.4 is 9.64 Å². The van der Waals surface area contributed by atoms with Crippen molar-refractivity contribution in [3.8, 4) is 16.9 Å². The topological polar surface area (TPSA) is 94.5 Å². The zero-order valence-electron chi connectivity index (χ0n) is 30.8. The Morgan fingerprint density at radius 1 is 1.02 bits per heavy atom. The van der Waals surface area contributed by atoms with Crippen LogP contribution in [0.1, 0.15) is 88.2 Å². The van der Waals surface area contributed by atoms with E-state index in [1.807, 2.05) is 80.9 Å². The fraction of sp³-hybridized carbons (Fsp3) is 0.341. The average molecular weight is 741 g/mol. The molecular weight excluding hydrogens is 697 g/mol. The fourth-order valence-corrected chi connectivity index (χ4v) is 8.31. The Hall–Kier alpha value is -4.73. The summed E-state index contributed by atoms with van der Waals surface area (Å²) in [6.45, 7) is 15.1. The van der Waals surface area contributed by atoms with Gasteiger partial charge in [-0.3, -0.25) is 9.48 Å². The number of nitrogens with zero attached hydrogens (tertiary/aromatic N) is 5. The summed E-state index contributed by atoms with van der Waals surface area (Å²) >= 11 is 13.5. The number of hydrogen-bond donors (Lipinski definition) is 1. The van der Waals surface area contributed by atoms with Crippen LogP contribution >= 0.6 is 23.2 Å². The molecule has 1 N–H and O–H groups in total. The van der Waals surface area contributed by atoms with Crippen molar-refractivity contribution >= 4 is 62.6 Å². The van der Waals surface area contributed by atoms with E-state index >= 15 is 4.79 Å². The number of carbonyl (C=O) groups excluding carboxylic acids is 1. The van der Waals surface area contributed by atoms with E-state index in [4.69, 9.17) is 33.0 Å². The molecule has 0 saturated carbocycles. The van der Waals surface area contributed by atoms with Gasteiger partial charge in [0, 0.05) is 64.5 Å². The van der Waals surface area contributed by atoms with Gasteiger partial charge in [0.1, 0.15) is 11.4 Å². The summed E-state index contributed by atoms with van der Waals surface area (Å²) in [4.78, 5) is 29.0. The molecule has 9 nitrogen and oxygen atoms in total. The predicted octanol–water partition coefficient (Wildman–Crippen LogP) is 10.0. The molecule has 3 aromatic carbocycles. The summed E-state index contributed by atoms with van der Waals surface area (Å²) < 4.78 is 12.4. The van der Waals surface area contributed by atoms with Crippen molar-refractivity contribution in [3.63, 3.8) is 0 Å². The van der Waals surface area contributed by atoms with Crippen molar-refractivity contribution in [1.82, 2.24) is 18.9 Å². The lowest BCUT2D eigenvalue weighted by Crippen LogP contribution is -2.42. The molecule has 1 atom stereocenters. The number of aromatic carboxylic acids is 1. The summed E-state index contributed by atoms with van der Waals surface area (Å²) in [7, 11) is 1.93. The Morgan fingerprint density at radius 3 is 2.37 bits per heavy atom. The quantitative estimate of drug-likeness (QED) is 0.149. The highest BCUT2D eigenvalue weighted by molar-refractivity contribution is 6.35. The summed E-state index contributed by atoms with van der Waals surface area (Å²) in [6, 6.07) is 12.9. The third kappa shape index (κ3) is 5.75. The van der Waals surface area contributed by atoms with Crippen LogP contribution in [-0.2, 0) is 13.5 Å². The van der Waals surface area contributed by atoms with E-state index in [9.17, 15) is 9.90 Å². The van der Waals surface area contributed by atoms with Gasteiger partial charge < -0.3 is 23.9 Å². The van der Waals surface area contributed by atoms with Crippen molar-refractivity contribution in [1.29, 1.82) is 0 Å². The second-order valence-corrected chi connectivity index (χ2v) is 15.1. The third-order valence-corrected chi connectivity index (χ3v) is 11.4. The minimum atomic E-state index is -1.01. The average Bonchev–Trinajstić information content (AvgIpc) is 3.72. The number of benzene rings is 3. The maximum atomic E-state index is 15.1. The van der Waals surface area contributed by atoms with Crippen molar-refractivity contribution in [3.05, 3.63) is 98.0 Å². The molecule has 6 aromatic rings. The molecule has 3 aromatic heterocycles. The van der Waals surface area contributed by atoms with Gasteiger partial charge in [0.05, 0.1) is 39.6 Å². The number of anilines is 1. The zero-order chi connectivity index (χ0) is 37.3. The van der Waals surface area contributed by atoms with Crippen LogP contribution in [0, 0.1) is 27.7 Å². The highest BCUT2D eigenvalue weighted by Gasteiger charge is 2.38. The lowest BCUT2D eigenvalue weighted by Gasteiger charge is -2.34. The van der Waals surface area contributed by atoms with Crippen LogP contribution in [0.25, 0.3) is 32.9 Å². The molecule has 0 bridgehead atoms. The van der Waals surface area contributed by atoms with Crippen LogP contribution in [0.3, 0.4) is 0 Å². The molecule has 0 radical (unpaired) electrons. The molecule has 1 aliphatic heterocycles. The Balaban J connectivity index is 1.39. The van der Waals surface area contributed by atoms with Crippen LogP contribution in [-0.4, -0.2) is 49.0 Å². The number of carbonyl (C=O) groups is 2. The van der Waals surface area contributed by atoms with Crippen molar-refractivity contribution in [2.75, 3.05) is 18.1 Å². The molecule has 1 aliphatic rings. The first-order chi connectivity index (χ1) is 24.7. The molecule has 270 valence electrons. The second-order valence-electron chi connectivity index (χ2n) is 14.3. The molecule has 7 rings (SSSR count). The Bertz CT molecular complexity index is 2410. The summed E-state index contributed by atoms with van der Waals surface area (Å²) in [5.74, 6) is -0.389. The van der Waals surface area contributed by atoms with E-state index in [1.165, 1.54) is 0 Å². The maximum absolute atomic E-state index is 15.1. The summed E-state index contributed by atoms with van der Waals surface area (Å²) in [5.41, 5.74) is 9.80. The first-order valence-corrected chi connectivity index (χ1v) is 18.4. The molecular formula is C41H43Cl2N5O4. The smallest absolute Gasteiger partial charge is 0.335 e. The van der Waals surface area contributed by atoms with Gasteiger partial charge in [-0.2, -0.15) is 5.10 Å². The summed E-state index contributed by atoms with van der Waals surface area (Å²) in [6.07, 6.45) is 3.23. The molecule has 52 heavy (non-hydrogen) atoms. The van der Waals surface area contributed by atoms with E-state index in [0.29, 0.717) is 42.4 Å². The molecule has 4 heterocycles. The molecule has 0 unspecified atom stereocenters. The van der Waals surface area contributed by atoms with Gasteiger partial charge in [-0.15, -0.1) is 0 Å². The molecule has 0 saturated heterocycles. The molecule has 0 fully saturated rings. The Morgan fingerprint density at radius 2 is 1.73 bits per heavy atom. The first kappa shape index (κ1) is 35.7. The lowest BCUT2D eigenvalue weighted by atomic mass is 9.98. The minimum Gasteiger partial charge on any atom is -0.494 e. The molecule has 1 amide bonds. The highest BCUT2D eigenvalue weighted by Crippen LogP contribution is 2.46. The maximum Gasteiger partial charge on any atom is 0.335 e. The van der Waals surface area contributed by atoms with Gasteiger partial charge in [-0.1, -0.05) is 29.3 Å². The fourth-order valence-electron chi connectivity index (χ4n) is 7.95. The third-order valence-electron chi connectivity index (χ3n) is 10.5. The first-order valence-electron chi connectivity index (χ1n) is 17.6. The molecule has 11 heteroatoms. The van der Waals surface area contributed by atoms with Gasteiger partial charge in [0.15, 0.2) is 0 Å². The normalized spacial score (nSPS) is 14.6. The number of aryl methyl sites for hydroxylation is 5. The van der Waals surface area contributed by atoms with Crippen molar-refractivity contribution < 1.29 is 19.4 Å². The molecule has 0 aliphatic carbocycles. The van der Waals surface area contributed by atoms with E-state index in [1.54, 1.807) is 12.1 Å². The van der Waals surface area contributed by atoms with E-state index in [2.05, 4.69) is 29.9 Å². The SMILES string of the molecule is Cc1cc(OCCCc2c3n(c4c(-c5c(C)nn(C)c5C)c(Cl)ccc24)[C@H](C)CN(c2cn(C(C)C)c4ccc(C(=O)O)cc24)C3=O)cc(C)c1Cl. The zero-order valence-corrected chi connectivity index (χ0v) is 32.3. The van der Waals surface area contributed by atoms with Crippen LogP contribution in [0.15, 0.2) is 48.7 Å². The lowest BCUT2D eigenvalue weighted by molar-refractivity contribution is 0.0696. The number of rotatable bonds is 9. The van der Waals surface area contributed by atoms with Gasteiger partial charge >= 0.3 is 5.97 Å². The largest absolute Gasteiger partial charge is 0.494 e. The van der Waals surface area contributed by atoms with Gasteiger partial charge in [0.25, 0.3) is 5.91 Å². The van der Waals surface area contributed by atoms with Gasteiger partial charge in [0.2, 0.25) is 0 Å². The van der Waals surface area contributed by atoms with Crippen LogP contribution in [0.5, 0.6) is 5.75 Å². The number of fused-ring (bicyclic) bond motifs is 4. The van der Waals surface area contributed by atoms with Crippen molar-refractivity contribution in [2.45, 2.75) is 73.4 Å². The second kappa shape index (κ2) is 13.4. The number of carboxylic acids is 1. The number of hydrogen-bond acceptors (Lipinski definition) is 4. The van der Waals surface area contributed by atoms with Crippen molar-refractivity contribution in [2.24, 2.45) is 7.05 Å². The number of amides is 1. The van der Waals surface area contributed by atoms with Gasteiger partial charge in [-0.25, -0.2) is 4.79 Å². The molecule has 0 spiro atoms. The standard InChI is InChI=1S/C41H43Cl2N5O4/c1-21(2)46-20-34(31-18-27(41(50)51)11-14-33(31)46)47-19-24(5)48-38-30(12-13-32(42)36(38)35-25(6)44-45(8)26(35)7)29(39(48)40(47)49)10-9-15-52-28-16-22(3)37(43)23(4)17-28/h11-14,16-18,20-21,24H,9-10,15,19H2,1-8H3,(H,50,51)/t24-/m1/s1. The highest BCUT2D eigenvalue weighted by atomic mass is 35.5. The minimum absolute atomic E-state index is 0.0927. The number of ether oxygens (including phenoxy) is 1. The van der Waals surface area contributed by atoms with Gasteiger partial charge in [-0.05, 0) is 114 Å². The Kier molecular flexibility index (Phi) is 9.16. The van der Waals surface area contributed by atoms with E-state index in [-0.39, 0.29) is 23.6 Å².